The highest BCUT2D eigenvalue weighted by atomic mass is 32.2. The van der Waals surface area contributed by atoms with Crippen LogP contribution < -0.4 is 0 Å². The molecule has 3 aromatic rings. The van der Waals surface area contributed by atoms with Gasteiger partial charge < -0.3 is 0 Å². The molecular weight excluding hydrogens is 382 g/mol. The Labute approximate surface area is 183 Å². The summed E-state index contributed by atoms with van der Waals surface area (Å²) in [5.41, 5.74) is 7.72. The van der Waals surface area contributed by atoms with E-state index in [9.17, 15) is 0 Å². The van der Waals surface area contributed by atoms with Gasteiger partial charge >= 0.3 is 0 Å². The standard InChI is InChI=1S/C28H25NS/c1-19(21-9-5-3-6-10-21)23-14-16-27-26(17-23)29-25-15-13-24(18-28(25)30-27)20(2)22-11-7-4-8-12-22/h3-14,16-20H,15H2,1-2H3. The summed E-state index contributed by atoms with van der Waals surface area (Å²) in [6.07, 6.45) is 5.60. The average Bonchev–Trinajstić information content (AvgIpc) is 2.82. The molecule has 0 spiro atoms. The molecule has 1 heterocycles. The minimum atomic E-state index is 0.364. The van der Waals surface area contributed by atoms with Gasteiger partial charge in [0, 0.05) is 28.1 Å². The van der Waals surface area contributed by atoms with E-state index in [4.69, 9.17) is 4.99 Å². The molecule has 0 amide bonds. The molecule has 2 unspecified atom stereocenters. The summed E-state index contributed by atoms with van der Waals surface area (Å²) in [6, 6.07) is 28.2. The Morgan fingerprint density at radius 3 is 2.13 bits per heavy atom. The lowest BCUT2D eigenvalue weighted by Crippen LogP contribution is -2.10. The van der Waals surface area contributed by atoms with Crippen molar-refractivity contribution in [2.75, 3.05) is 0 Å². The van der Waals surface area contributed by atoms with Crippen molar-refractivity contribution in [2.45, 2.75) is 37.0 Å². The van der Waals surface area contributed by atoms with Crippen molar-refractivity contribution in [2.24, 2.45) is 4.99 Å². The van der Waals surface area contributed by atoms with Crippen LogP contribution in [0.5, 0.6) is 0 Å². The molecule has 2 aliphatic rings. The van der Waals surface area contributed by atoms with Gasteiger partial charge in [0.05, 0.1) is 11.4 Å². The van der Waals surface area contributed by atoms with E-state index in [2.05, 4.69) is 105 Å². The number of rotatable bonds is 4. The summed E-state index contributed by atoms with van der Waals surface area (Å²) in [4.78, 5) is 7.60. The summed E-state index contributed by atoms with van der Waals surface area (Å²) in [5, 5.41) is 0. The first kappa shape index (κ1) is 19.1. The molecule has 5 rings (SSSR count). The number of benzene rings is 3. The predicted octanol–water partition coefficient (Wildman–Crippen LogP) is 8.03. The predicted molar refractivity (Wildman–Crippen MR) is 129 cm³/mol. The Morgan fingerprint density at radius 2 is 1.43 bits per heavy atom. The van der Waals surface area contributed by atoms with Crippen LogP contribution in [0.15, 0.2) is 111 Å². The molecule has 148 valence electrons. The zero-order valence-electron chi connectivity index (χ0n) is 17.4. The molecule has 2 atom stereocenters. The normalized spacial score (nSPS) is 17.1. The number of thioether (sulfide) groups is 1. The molecule has 0 aromatic heterocycles. The van der Waals surface area contributed by atoms with Gasteiger partial charge in [-0.1, -0.05) is 98.4 Å². The SMILES string of the molecule is CC(C1=CCC2=Nc3cc(C(C)c4ccccc4)ccc3SC2=C1)c1ccccc1. The zero-order valence-corrected chi connectivity index (χ0v) is 18.2. The van der Waals surface area contributed by atoms with Crippen molar-refractivity contribution in [1.29, 1.82) is 0 Å². The number of fused-ring (bicyclic) bond motifs is 2. The monoisotopic (exact) mass is 407 g/mol. The Balaban J connectivity index is 1.41. The first-order chi connectivity index (χ1) is 14.7. The van der Waals surface area contributed by atoms with E-state index in [1.807, 2.05) is 11.8 Å². The molecule has 0 saturated carbocycles. The number of allylic oxidation sites excluding steroid dienone is 4. The second kappa shape index (κ2) is 8.12. The highest BCUT2D eigenvalue weighted by Gasteiger charge is 2.23. The molecule has 1 nitrogen and oxygen atoms in total. The van der Waals surface area contributed by atoms with E-state index in [0.29, 0.717) is 11.8 Å². The molecule has 30 heavy (non-hydrogen) atoms. The van der Waals surface area contributed by atoms with Gasteiger partial charge in [-0.15, -0.1) is 0 Å². The Morgan fingerprint density at radius 1 is 0.767 bits per heavy atom. The van der Waals surface area contributed by atoms with Crippen LogP contribution in [0.25, 0.3) is 0 Å². The van der Waals surface area contributed by atoms with E-state index in [0.717, 1.165) is 12.1 Å². The Kier molecular flexibility index (Phi) is 5.18. The van der Waals surface area contributed by atoms with Crippen LogP contribution in [0.4, 0.5) is 5.69 Å². The van der Waals surface area contributed by atoms with Gasteiger partial charge in [-0.25, -0.2) is 0 Å². The van der Waals surface area contributed by atoms with Gasteiger partial charge in [-0.2, -0.15) is 0 Å². The van der Waals surface area contributed by atoms with Gasteiger partial charge in [0.2, 0.25) is 0 Å². The van der Waals surface area contributed by atoms with Crippen molar-refractivity contribution >= 4 is 23.2 Å². The second-order valence-corrected chi connectivity index (χ2v) is 9.15. The first-order valence-electron chi connectivity index (χ1n) is 10.6. The van der Waals surface area contributed by atoms with Crippen molar-refractivity contribution in [3.63, 3.8) is 0 Å². The first-order valence-corrected chi connectivity index (χ1v) is 11.4. The minimum absolute atomic E-state index is 0.364. The summed E-state index contributed by atoms with van der Waals surface area (Å²) in [7, 11) is 0. The summed E-state index contributed by atoms with van der Waals surface area (Å²) in [6.45, 7) is 4.56. The molecule has 0 radical (unpaired) electrons. The summed E-state index contributed by atoms with van der Waals surface area (Å²) < 4.78 is 0. The van der Waals surface area contributed by atoms with Crippen LogP contribution in [0.2, 0.25) is 0 Å². The molecule has 1 aliphatic heterocycles. The van der Waals surface area contributed by atoms with Gasteiger partial charge in [0.15, 0.2) is 0 Å². The lowest BCUT2D eigenvalue weighted by Gasteiger charge is -2.24. The van der Waals surface area contributed by atoms with Crippen LogP contribution >= 0.6 is 11.8 Å². The van der Waals surface area contributed by atoms with E-state index >= 15 is 0 Å². The molecule has 0 N–H and O–H groups in total. The molecular formula is C28H25NS. The highest BCUT2D eigenvalue weighted by Crippen LogP contribution is 2.45. The molecule has 0 fully saturated rings. The summed E-state index contributed by atoms with van der Waals surface area (Å²) >= 11 is 1.86. The van der Waals surface area contributed by atoms with Gasteiger partial charge in [0.1, 0.15) is 0 Å². The third-order valence-corrected chi connectivity index (χ3v) is 7.31. The van der Waals surface area contributed by atoms with E-state index < -0.39 is 0 Å². The maximum Gasteiger partial charge on any atom is 0.0775 e. The van der Waals surface area contributed by atoms with Crippen LogP contribution in [-0.4, -0.2) is 5.71 Å². The largest absolute Gasteiger partial charge is 0.251 e. The van der Waals surface area contributed by atoms with Crippen molar-refractivity contribution in [3.05, 3.63) is 118 Å². The molecule has 0 saturated heterocycles. The van der Waals surface area contributed by atoms with Crippen LogP contribution in [0.3, 0.4) is 0 Å². The third-order valence-electron chi connectivity index (χ3n) is 6.17. The highest BCUT2D eigenvalue weighted by molar-refractivity contribution is 8.04. The topological polar surface area (TPSA) is 12.4 Å². The fourth-order valence-corrected chi connectivity index (χ4v) is 5.23. The smallest absolute Gasteiger partial charge is 0.0775 e. The van der Waals surface area contributed by atoms with Crippen molar-refractivity contribution in [1.82, 2.24) is 0 Å². The molecule has 1 aliphatic carbocycles. The Bertz CT molecular complexity index is 1160. The fraction of sp³-hybridized carbons (Fsp3) is 0.179. The summed E-state index contributed by atoms with van der Waals surface area (Å²) in [5.74, 6) is 0.763. The van der Waals surface area contributed by atoms with Crippen molar-refractivity contribution < 1.29 is 0 Å². The van der Waals surface area contributed by atoms with Crippen LogP contribution in [0, 0.1) is 0 Å². The lowest BCUT2D eigenvalue weighted by molar-refractivity contribution is 0.911. The minimum Gasteiger partial charge on any atom is -0.251 e. The maximum absolute atomic E-state index is 5.05. The zero-order chi connectivity index (χ0) is 20.5. The van der Waals surface area contributed by atoms with E-state index in [-0.39, 0.29) is 0 Å². The second-order valence-electron chi connectivity index (χ2n) is 8.07. The van der Waals surface area contributed by atoms with Gasteiger partial charge in [-0.3, -0.25) is 4.99 Å². The molecule has 2 heteroatoms. The van der Waals surface area contributed by atoms with Crippen LogP contribution in [0.1, 0.15) is 48.8 Å². The third kappa shape index (κ3) is 3.68. The quantitative estimate of drug-likeness (QED) is 0.426. The van der Waals surface area contributed by atoms with Gasteiger partial charge in [-0.05, 0) is 40.5 Å². The number of hydrogen-bond acceptors (Lipinski definition) is 2. The number of aliphatic imine (C=N–C) groups is 1. The van der Waals surface area contributed by atoms with E-state index in [1.165, 1.54) is 37.8 Å². The van der Waals surface area contributed by atoms with Crippen molar-refractivity contribution in [3.8, 4) is 0 Å². The molecule has 3 aromatic carbocycles. The maximum atomic E-state index is 5.05. The number of hydrogen-bond donors (Lipinski definition) is 0. The van der Waals surface area contributed by atoms with E-state index in [1.54, 1.807) is 0 Å². The average molecular weight is 408 g/mol. The van der Waals surface area contributed by atoms with Gasteiger partial charge in [0.25, 0.3) is 0 Å². The lowest BCUT2D eigenvalue weighted by atomic mass is 9.89. The fourth-order valence-electron chi connectivity index (χ4n) is 4.21. The number of nitrogens with zero attached hydrogens (tertiary/aromatic N) is 1. The molecule has 0 bridgehead atoms. The Hall–Kier alpha value is -2.84. The van der Waals surface area contributed by atoms with Crippen LogP contribution in [-0.2, 0) is 0 Å².